The van der Waals surface area contributed by atoms with Gasteiger partial charge in [0.15, 0.2) is 0 Å². The summed E-state index contributed by atoms with van der Waals surface area (Å²) in [4.78, 5) is 16.6. The van der Waals surface area contributed by atoms with Gasteiger partial charge < -0.3 is 9.64 Å². The highest BCUT2D eigenvalue weighted by Crippen LogP contribution is 2.45. The van der Waals surface area contributed by atoms with E-state index in [4.69, 9.17) is 39.5 Å². The largest absolute Gasteiger partial charge is 0.445 e. The van der Waals surface area contributed by atoms with E-state index in [1.54, 1.807) is 4.90 Å². The standard InChI is InChI=1S/C18H15Cl3N2O2/c19-18(20,21)11-25-17(24)23-10-13-5-3-4-12-8-9-22(16(12)13)14-6-1-2-7-15(14)23/h1-7H,8-11H2. The van der Waals surface area contributed by atoms with Crippen molar-refractivity contribution >= 4 is 58.0 Å². The van der Waals surface area contributed by atoms with Crippen LogP contribution in [0.1, 0.15) is 11.1 Å². The molecule has 4 rings (SSSR count). The zero-order chi connectivity index (χ0) is 17.6. The predicted molar refractivity (Wildman–Crippen MR) is 101 cm³/mol. The molecule has 2 aliphatic rings. The minimum Gasteiger partial charge on any atom is -0.445 e. The second kappa shape index (κ2) is 6.27. The molecule has 0 saturated heterocycles. The summed E-state index contributed by atoms with van der Waals surface area (Å²) in [6.07, 6.45) is 0.465. The number of ether oxygens (including phenoxy) is 1. The van der Waals surface area contributed by atoms with Crippen molar-refractivity contribution in [1.29, 1.82) is 0 Å². The molecular weight excluding hydrogens is 383 g/mol. The van der Waals surface area contributed by atoms with Crippen molar-refractivity contribution in [2.24, 2.45) is 0 Å². The molecule has 25 heavy (non-hydrogen) atoms. The van der Waals surface area contributed by atoms with Crippen LogP contribution in [0.4, 0.5) is 21.9 Å². The lowest BCUT2D eigenvalue weighted by atomic mass is 10.1. The molecule has 0 fully saturated rings. The van der Waals surface area contributed by atoms with Crippen molar-refractivity contribution in [3.63, 3.8) is 0 Å². The fourth-order valence-corrected chi connectivity index (χ4v) is 3.63. The van der Waals surface area contributed by atoms with Gasteiger partial charge in [-0.05, 0) is 29.7 Å². The number of halogens is 3. The number of anilines is 3. The second-order valence-electron chi connectivity index (χ2n) is 6.07. The highest BCUT2D eigenvalue weighted by molar-refractivity contribution is 6.67. The quantitative estimate of drug-likeness (QED) is 0.619. The number of carbonyl (C=O) groups excluding carboxylic acids is 1. The first-order valence-corrected chi connectivity index (χ1v) is 9.06. The monoisotopic (exact) mass is 396 g/mol. The van der Waals surface area contributed by atoms with Gasteiger partial charge >= 0.3 is 6.09 Å². The summed E-state index contributed by atoms with van der Waals surface area (Å²) in [7, 11) is 0. The Balaban J connectivity index is 1.76. The van der Waals surface area contributed by atoms with Gasteiger partial charge in [0, 0.05) is 12.2 Å². The molecule has 2 heterocycles. The van der Waals surface area contributed by atoms with Gasteiger partial charge in [-0.3, -0.25) is 4.90 Å². The van der Waals surface area contributed by atoms with Gasteiger partial charge in [0.1, 0.15) is 6.61 Å². The number of hydrogen-bond donors (Lipinski definition) is 0. The number of rotatable bonds is 1. The summed E-state index contributed by atoms with van der Waals surface area (Å²) >= 11 is 17.1. The van der Waals surface area contributed by atoms with Crippen LogP contribution in [0.5, 0.6) is 0 Å². The van der Waals surface area contributed by atoms with Gasteiger partial charge in [0.2, 0.25) is 3.79 Å². The van der Waals surface area contributed by atoms with Crippen molar-refractivity contribution in [2.75, 3.05) is 23.0 Å². The third-order valence-corrected chi connectivity index (χ3v) is 4.78. The van der Waals surface area contributed by atoms with E-state index in [9.17, 15) is 4.79 Å². The van der Waals surface area contributed by atoms with E-state index in [0.29, 0.717) is 6.54 Å². The summed E-state index contributed by atoms with van der Waals surface area (Å²) in [6, 6.07) is 14.0. The number of benzene rings is 2. The summed E-state index contributed by atoms with van der Waals surface area (Å²) in [5, 5.41) is 0. The van der Waals surface area contributed by atoms with E-state index in [0.717, 1.165) is 29.9 Å². The first-order chi connectivity index (χ1) is 11.9. The van der Waals surface area contributed by atoms with E-state index in [-0.39, 0.29) is 6.61 Å². The highest BCUT2D eigenvalue weighted by Gasteiger charge is 2.33. The molecule has 0 unspecified atom stereocenters. The normalized spacial score (nSPS) is 15.5. The lowest BCUT2D eigenvalue weighted by molar-refractivity contribution is 0.155. The molecule has 7 heteroatoms. The number of hydrogen-bond acceptors (Lipinski definition) is 3. The molecule has 0 radical (unpaired) electrons. The predicted octanol–water partition coefficient (Wildman–Crippen LogP) is 5.21. The van der Waals surface area contributed by atoms with Gasteiger partial charge in [-0.15, -0.1) is 0 Å². The van der Waals surface area contributed by atoms with Crippen LogP contribution in [0.25, 0.3) is 0 Å². The molecule has 2 aliphatic heterocycles. The van der Waals surface area contributed by atoms with Crippen molar-refractivity contribution in [3.8, 4) is 0 Å². The average molecular weight is 398 g/mol. The van der Waals surface area contributed by atoms with E-state index < -0.39 is 9.89 Å². The van der Waals surface area contributed by atoms with Gasteiger partial charge in [-0.25, -0.2) is 4.79 Å². The summed E-state index contributed by atoms with van der Waals surface area (Å²) < 4.78 is 3.59. The highest BCUT2D eigenvalue weighted by atomic mass is 35.6. The second-order valence-corrected chi connectivity index (χ2v) is 8.59. The van der Waals surface area contributed by atoms with Crippen molar-refractivity contribution < 1.29 is 9.53 Å². The maximum absolute atomic E-state index is 12.7. The molecule has 0 atom stereocenters. The van der Waals surface area contributed by atoms with Gasteiger partial charge in [0.05, 0.1) is 17.9 Å². The number of fused-ring (bicyclic) bond motifs is 2. The Morgan fingerprint density at radius 3 is 2.52 bits per heavy atom. The third kappa shape index (κ3) is 3.14. The van der Waals surface area contributed by atoms with Crippen LogP contribution >= 0.6 is 34.8 Å². The topological polar surface area (TPSA) is 32.8 Å². The van der Waals surface area contributed by atoms with E-state index >= 15 is 0 Å². The van der Waals surface area contributed by atoms with Crippen LogP contribution < -0.4 is 9.80 Å². The van der Waals surface area contributed by atoms with E-state index in [1.807, 2.05) is 36.4 Å². The Morgan fingerprint density at radius 2 is 1.76 bits per heavy atom. The minimum atomic E-state index is -1.64. The molecule has 2 aromatic carbocycles. The van der Waals surface area contributed by atoms with Crippen molar-refractivity contribution in [1.82, 2.24) is 0 Å². The number of para-hydroxylation sites is 3. The Morgan fingerprint density at radius 1 is 1.04 bits per heavy atom. The fourth-order valence-electron chi connectivity index (χ4n) is 3.47. The molecule has 0 saturated carbocycles. The van der Waals surface area contributed by atoms with Crippen molar-refractivity contribution in [2.45, 2.75) is 16.8 Å². The lowest BCUT2D eigenvalue weighted by Crippen LogP contribution is -2.33. The minimum absolute atomic E-state index is 0.300. The molecule has 0 N–H and O–H groups in total. The van der Waals surface area contributed by atoms with Crippen LogP contribution in [-0.2, 0) is 17.7 Å². The number of nitrogens with zero attached hydrogens (tertiary/aromatic N) is 2. The maximum atomic E-state index is 12.7. The summed E-state index contributed by atoms with van der Waals surface area (Å²) in [5.41, 5.74) is 5.34. The molecule has 0 aliphatic carbocycles. The SMILES string of the molecule is O=C(OCC(Cl)(Cl)Cl)N1Cc2cccc3c2N(CC3)c2ccccc21. The van der Waals surface area contributed by atoms with Gasteiger partial charge in [0.25, 0.3) is 0 Å². The number of carbonyl (C=O) groups is 1. The maximum Gasteiger partial charge on any atom is 0.414 e. The number of amides is 1. The van der Waals surface area contributed by atoms with E-state index in [2.05, 4.69) is 11.0 Å². The molecule has 2 aromatic rings. The van der Waals surface area contributed by atoms with Crippen LogP contribution in [0.2, 0.25) is 0 Å². The molecule has 0 spiro atoms. The van der Waals surface area contributed by atoms with Crippen LogP contribution in [0.3, 0.4) is 0 Å². The van der Waals surface area contributed by atoms with Crippen LogP contribution in [0, 0.1) is 0 Å². The lowest BCUT2D eigenvalue weighted by Gasteiger charge is -2.25. The van der Waals surface area contributed by atoms with Crippen LogP contribution in [-0.4, -0.2) is 23.0 Å². The third-order valence-electron chi connectivity index (χ3n) is 4.45. The summed E-state index contributed by atoms with van der Waals surface area (Å²) in [5.74, 6) is 0. The molecule has 0 aromatic heterocycles. The Hall–Kier alpha value is -1.62. The van der Waals surface area contributed by atoms with E-state index in [1.165, 1.54) is 11.3 Å². The smallest absolute Gasteiger partial charge is 0.414 e. The Kier molecular flexibility index (Phi) is 4.22. The number of alkyl halides is 3. The molecule has 0 bridgehead atoms. The van der Waals surface area contributed by atoms with Gasteiger partial charge in [-0.1, -0.05) is 65.1 Å². The first kappa shape index (κ1) is 16.8. The first-order valence-electron chi connectivity index (χ1n) is 7.92. The Labute approximate surface area is 160 Å². The summed E-state index contributed by atoms with van der Waals surface area (Å²) in [6.45, 7) is 1.00. The zero-order valence-corrected chi connectivity index (χ0v) is 15.5. The molecule has 4 nitrogen and oxygen atoms in total. The zero-order valence-electron chi connectivity index (χ0n) is 13.2. The molecule has 130 valence electrons. The molecular formula is C18H15Cl3N2O2. The fraction of sp³-hybridized carbons (Fsp3) is 0.278. The van der Waals surface area contributed by atoms with Crippen molar-refractivity contribution in [3.05, 3.63) is 53.6 Å². The molecule has 1 amide bonds. The van der Waals surface area contributed by atoms with Gasteiger partial charge in [-0.2, -0.15) is 0 Å². The van der Waals surface area contributed by atoms with Crippen LogP contribution in [0.15, 0.2) is 42.5 Å². The Bertz CT molecular complexity index is 835. The average Bonchev–Trinajstić information content (AvgIpc) is 2.95.